The van der Waals surface area contributed by atoms with Crippen molar-refractivity contribution in [1.82, 2.24) is 10.6 Å². The van der Waals surface area contributed by atoms with Crippen LogP contribution in [-0.4, -0.2) is 49.3 Å². The van der Waals surface area contributed by atoms with Gasteiger partial charge in [0.25, 0.3) is 0 Å². The Kier molecular flexibility index (Phi) is 12.9. The summed E-state index contributed by atoms with van der Waals surface area (Å²) < 4.78 is 22.1. The topological polar surface area (TPSA) is 171 Å². The number of alkyl carbamates (subject to hydrolysis) is 2. The van der Waals surface area contributed by atoms with E-state index in [2.05, 4.69) is 17.6 Å². The molecule has 0 bridgehead atoms. The molecule has 3 saturated carbocycles. The summed E-state index contributed by atoms with van der Waals surface area (Å²) >= 11 is 0. The van der Waals surface area contributed by atoms with Crippen molar-refractivity contribution in [2.45, 2.75) is 106 Å². The van der Waals surface area contributed by atoms with Gasteiger partial charge in [-0.3, -0.25) is 14.4 Å². The molecule has 2 N–H and O–H groups in total. The summed E-state index contributed by atoms with van der Waals surface area (Å²) in [6, 6.07) is 3.38. The van der Waals surface area contributed by atoms with Crippen LogP contribution in [0.1, 0.15) is 101 Å². The van der Waals surface area contributed by atoms with Crippen LogP contribution < -0.4 is 16.3 Å². The molecule has 0 aliphatic heterocycles. The molecule has 2 heterocycles. The number of ether oxygens (including phenoxy) is 2. The Labute approximate surface area is 333 Å². The van der Waals surface area contributed by atoms with Gasteiger partial charge in [0.2, 0.25) is 0 Å². The fourth-order valence-corrected chi connectivity index (χ4v) is 10.2. The van der Waals surface area contributed by atoms with E-state index in [1.807, 2.05) is 46.8 Å². The van der Waals surface area contributed by atoms with Gasteiger partial charge in [0, 0.05) is 58.7 Å². The molecule has 12 heteroatoms. The van der Waals surface area contributed by atoms with Crippen LogP contribution in [0.2, 0.25) is 0 Å². The summed E-state index contributed by atoms with van der Waals surface area (Å²) in [5.74, 6) is 0.692. The van der Waals surface area contributed by atoms with Crippen LogP contribution in [0, 0.1) is 55.8 Å². The predicted molar refractivity (Wildman–Crippen MR) is 215 cm³/mol. The van der Waals surface area contributed by atoms with Crippen molar-refractivity contribution >= 4 is 51.5 Å². The second-order valence-corrected chi connectivity index (χ2v) is 16.1. The van der Waals surface area contributed by atoms with Crippen molar-refractivity contribution < 1.29 is 42.3 Å². The summed E-state index contributed by atoms with van der Waals surface area (Å²) in [6.07, 6.45) is 10.6. The zero-order valence-corrected chi connectivity index (χ0v) is 34.0. The molecule has 6 atom stereocenters. The molecule has 12 nitrogen and oxygen atoms in total. The number of amides is 2. The zero-order chi connectivity index (χ0) is 41.0. The maximum Gasteiger partial charge on any atom is 0.407 e. The van der Waals surface area contributed by atoms with E-state index < -0.39 is 23.2 Å². The van der Waals surface area contributed by atoms with Crippen LogP contribution in [0.4, 0.5) is 9.59 Å². The number of hydrogen-bond acceptors (Lipinski definition) is 10. The quantitative estimate of drug-likeness (QED) is 0.135. The Morgan fingerprint density at radius 2 is 1.61 bits per heavy atom. The molecule has 3 aromatic rings. The average molecular weight is 785 g/mol. The monoisotopic (exact) mass is 784 g/mol. The molecule has 2 aromatic heterocycles. The Morgan fingerprint density at radius 1 is 0.877 bits per heavy atom. The van der Waals surface area contributed by atoms with Gasteiger partial charge in [-0.05, 0) is 107 Å². The van der Waals surface area contributed by atoms with Gasteiger partial charge in [-0.15, -0.1) is 0 Å². The molecule has 306 valence electrons. The van der Waals surface area contributed by atoms with E-state index in [9.17, 15) is 28.8 Å². The van der Waals surface area contributed by atoms with Crippen LogP contribution in [0.25, 0.3) is 21.9 Å². The first-order valence-corrected chi connectivity index (χ1v) is 20.6. The number of carbonyl (C=O) groups is 5. The number of furan rings is 1. The third-order valence-electron chi connectivity index (χ3n) is 12.8. The van der Waals surface area contributed by atoms with Crippen molar-refractivity contribution in [1.29, 1.82) is 0 Å². The van der Waals surface area contributed by atoms with E-state index in [1.165, 1.54) is 6.07 Å². The van der Waals surface area contributed by atoms with Crippen molar-refractivity contribution in [2.24, 2.45) is 35.0 Å². The number of Topliss-reactive ketones (excluding diaryl/α,β-unsaturated/α-hetero) is 2. The van der Waals surface area contributed by atoms with Gasteiger partial charge >= 0.3 is 17.8 Å². The van der Waals surface area contributed by atoms with Crippen molar-refractivity contribution in [2.75, 3.05) is 19.8 Å². The summed E-state index contributed by atoms with van der Waals surface area (Å²) in [5, 5.41) is 7.18. The van der Waals surface area contributed by atoms with E-state index in [0.29, 0.717) is 49.2 Å². The Bertz CT molecular complexity index is 2170. The molecular formula is C45H56N2O10. The number of carbonyl (C=O) groups excluding carboxylic acids is 5. The first kappa shape index (κ1) is 41.6. The maximum atomic E-state index is 13.6. The molecular weight excluding hydrogens is 728 g/mol. The molecule has 3 fully saturated rings. The minimum Gasteiger partial charge on any atom is -0.461 e. The number of unbranched alkanes of at least 4 members (excludes halogenated alkanes) is 3. The van der Waals surface area contributed by atoms with Crippen LogP contribution in [-0.2, 0) is 30.4 Å². The second-order valence-electron chi connectivity index (χ2n) is 16.1. The molecule has 7 rings (SSSR count). The minimum atomic E-state index is -0.635. The predicted octanol–water partition coefficient (Wildman–Crippen LogP) is 8.29. The fraction of sp³-hybridized carbons (Fsp3) is 0.556. The molecule has 1 aromatic carbocycles. The fourth-order valence-electron chi connectivity index (χ4n) is 10.2. The van der Waals surface area contributed by atoms with Crippen LogP contribution in [0.15, 0.2) is 49.6 Å². The highest BCUT2D eigenvalue weighted by Crippen LogP contribution is 2.62. The standard InChI is InChI=1S/C43H50N2O10.C2H6/c1-23-17-37(49)55-39-24(2)40-31(19-30(23)39)32(25(3)54-40)21-45-42(51)52-16-8-6-5-7-15-44-41(50)53-22-36(48)34-14-13-33-29-11-9-26-18-27(46)10-12-28(26)38(29)35(47)20-43(33,34)4;1-2/h10,12,17-19,28-29,33-34,38H,5-9,11,13-16,20-22H2,1-4H3,(H,44,50)(H,45,51);1-2H3. The molecule has 0 spiro atoms. The van der Waals surface area contributed by atoms with Crippen LogP contribution in [0.3, 0.4) is 0 Å². The number of allylic oxidation sites excluding steroid dienone is 4. The number of aryl methyl sites for hydroxylation is 3. The van der Waals surface area contributed by atoms with E-state index in [4.69, 9.17) is 18.3 Å². The molecule has 0 radical (unpaired) electrons. The van der Waals surface area contributed by atoms with Gasteiger partial charge in [-0.2, -0.15) is 0 Å². The summed E-state index contributed by atoms with van der Waals surface area (Å²) in [4.78, 5) is 75.7. The molecule has 4 aliphatic carbocycles. The van der Waals surface area contributed by atoms with Gasteiger partial charge in [0.05, 0.1) is 13.2 Å². The Hall–Kier alpha value is -5.00. The van der Waals surface area contributed by atoms with Crippen molar-refractivity contribution in [3.63, 3.8) is 0 Å². The van der Waals surface area contributed by atoms with Gasteiger partial charge in [0.1, 0.15) is 22.7 Å². The van der Waals surface area contributed by atoms with Gasteiger partial charge in [-0.25, -0.2) is 14.4 Å². The number of fused-ring (bicyclic) bond motifs is 7. The molecule has 6 unspecified atom stereocenters. The molecule has 2 amide bonds. The Morgan fingerprint density at radius 3 is 2.40 bits per heavy atom. The third-order valence-corrected chi connectivity index (χ3v) is 12.8. The van der Waals surface area contributed by atoms with Crippen molar-refractivity contribution in [3.8, 4) is 0 Å². The highest BCUT2D eigenvalue weighted by atomic mass is 16.6. The lowest BCUT2D eigenvalue weighted by Gasteiger charge is -2.52. The number of rotatable bonds is 12. The van der Waals surface area contributed by atoms with E-state index in [0.717, 1.165) is 65.1 Å². The zero-order valence-electron chi connectivity index (χ0n) is 34.0. The highest BCUT2D eigenvalue weighted by Gasteiger charge is 2.60. The number of nitrogens with one attached hydrogen (secondary N) is 2. The van der Waals surface area contributed by atoms with E-state index >= 15 is 0 Å². The lowest BCUT2D eigenvalue weighted by Crippen LogP contribution is -2.51. The number of hydrogen-bond donors (Lipinski definition) is 2. The summed E-state index contributed by atoms with van der Waals surface area (Å²) in [6.45, 7) is 12.1. The average Bonchev–Trinajstić information content (AvgIpc) is 3.70. The molecule has 57 heavy (non-hydrogen) atoms. The van der Waals surface area contributed by atoms with Crippen LogP contribution in [0.5, 0.6) is 0 Å². The van der Waals surface area contributed by atoms with Gasteiger partial charge < -0.3 is 28.9 Å². The third kappa shape index (κ3) is 8.50. The van der Waals surface area contributed by atoms with Crippen molar-refractivity contribution in [3.05, 3.63) is 68.8 Å². The van der Waals surface area contributed by atoms with E-state index in [1.54, 1.807) is 12.2 Å². The highest BCUT2D eigenvalue weighted by molar-refractivity contribution is 6.02. The summed E-state index contributed by atoms with van der Waals surface area (Å²) in [7, 11) is 0. The largest absolute Gasteiger partial charge is 0.461 e. The van der Waals surface area contributed by atoms with Gasteiger partial charge in [-0.1, -0.05) is 38.8 Å². The first-order valence-electron chi connectivity index (χ1n) is 20.6. The SMILES string of the molecule is CC.Cc1oc2c(C)c3oc(=O)cc(C)c3cc2c1CNC(=O)OCCCCCCNC(=O)OCC(=O)C1CCC2C3CCC4=CC(=O)C=CC4C3C(=O)CC12C. The Balaban J connectivity index is 0.00000270. The summed E-state index contributed by atoms with van der Waals surface area (Å²) in [5.41, 5.74) is 3.67. The smallest absolute Gasteiger partial charge is 0.407 e. The van der Waals surface area contributed by atoms with Crippen LogP contribution >= 0.6 is 0 Å². The first-order chi connectivity index (χ1) is 27.4. The van der Waals surface area contributed by atoms with E-state index in [-0.39, 0.29) is 66.7 Å². The lowest BCUT2D eigenvalue weighted by molar-refractivity contribution is -0.143. The lowest BCUT2D eigenvalue weighted by atomic mass is 9.51. The van der Waals surface area contributed by atoms with Gasteiger partial charge in [0.15, 0.2) is 18.2 Å². The second kappa shape index (κ2) is 17.6. The normalized spacial score (nSPS) is 24.8. The molecule has 0 saturated heterocycles. The minimum absolute atomic E-state index is 0.00750. The number of ketones is 3. The number of benzene rings is 1. The maximum absolute atomic E-state index is 13.6. The molecule has 4 aliphatic rings.